The number of amides is 4. The third-order valence-corrected chi connectivity index (χ3v) is 22.2. The first-order chi connectivity index (χ1) is 64.4. The third kappa shape index (κ3) is 21.6. The molecule has 0 radical (unpaired) electrons. The van der Waals surface area contributed by atoms with E-state index in [4.69, 9.17) is 9.47 Å². The smallest absolute Gasteiger partial charge is 0.274 e. The van der Waals surface area contributed by atoms with E-state index in [1.165, 1.54) is 0 Å². The maximum atomic E-state index is 13.1. The summed E-state index contributed by atoms with van der Waals surface area (Å²) in [4.78, 5) is 106. The van der Waals surface area contributed by atoms with E-state index in [-0.39, 0.29) is 23.6 Å². The van der Waals surface area contributed by atoms with E-state index in [0.717, 1.165) is 129 Å². The summed E-state index contributed by atoms with van der Waals surface area (Å²) in [6.45, 7) is 16.3. The van der Waals surface area contributed by atoms with Crippen molar-refractivity contribution in [2.24, 2.45) is 28.2 Å². The van der Waals surface area contributed by atoms with Crippen LogP contribution in [0.25, 0.3) is 90.7 Å². The molecule has 7 N–H and O–H groups in total. The van der Waals surface area contributed by atoms with Crippen LogP contribution in [0.2, 0.25) is 0 Å². The van der Waals surface area contributed by atoms with Gasteiger partial charge in [-0.2, -0.15) is 35.7 Å². The molecule has 4 aliphatic heterocycles. The molecular weight excluding hydrogens is 1680 g/mol. The number of carbonyl (C=O) groups is 4. The molecule has 39 heteroatoms. The largest absolute Gasteiger partial charge is 0.378 e. The minimum atomic E-state index is -0.328. The summed E-state index contributed by atoms with van der Waals surface area (Å²) in [5.74, 6) is -1.28. The van der Waals surface area contributed by atoms with Gasteiger partial charge in [0, 0.05) is 179 Å². The first kappa shape index (κ1) is 87.8. The number of anilines is 8. The molecule has 0 atom stereocenters. The van der Waals surface area contributed by atoms with Gasteiger partial charge >= 0.3 is 0 Å². The van der Waals surface area contributed by atoms with Gasteiger partial charge in [-0.25, -0.2) is 19.9 Å². The second-order valence-electron chi connectivity index (χ2n) is 31.8. The van der Waals surface area contributed by atoms with Gasteiger partial charge in [0.25, 0.3) is 23.6 Å². The van der Waals surface area contributed by atoms with Gasteiger partial charge in [0.2, 0.25) is 0 Å². The van der Waals surface area contributed by atoms with E-state index in [2.05, 4.69) is 173 Å². The van der Waals surface area contributed by atoms with E-state index >= 15 is 0 Å². The minimum absolute atomic E-state index is 0.294. The quantitative estimate of drug-likeness (QED) is 0.0373. The number of aryl methyl sites for hydroxylation is 5. The standard InChI is InChI=1S/C26H28N8O.C23H25N9O.2C22H22N8O2/c1-18-13-19(15-27-14-18)21-5-4-6-23(29-21)26(35)30-24-17-33(3)31-25(24)22-8-7-20(16-28-22)34-11-9-32(2)10-12-34;1-30-8-10-32(11-9-30)17-6-7-19(24-14-17)22-21(15-31(2)29-22)28-23(33)20-5-3-4-18(27-20)16-12-25-26-13-16;1-29-14-20(27-22(31)19-4-2-3-17(26-19)15-11-24-25-12-15)21(28-29)18-6-5-16(13-23-18)30-7-9-32-10-8-30;1-29-14-20(26-22(31)19-4-2-3-16(25-19)17-7-8-24-27-17)21(28-29)18-6-5-15(13-23-18)30-9-11-32-12-10-30/h4-8,13-17H,9-12H2,1-3H3,(H,30,35);3-7,12-15H,8-11H2,1-2H3,(H,25,26)(H,28,33);2-6,11-14H,7-10H2,1H3,(H,24,25)(H,27,31);2-8,13-14H,9-12H2,1H3,(H,24,27)(H,26,31). The summed E-state index contributed by atoms with van der Waals surface area (Å²) in [5, 5.41) is 50.0. The van der Waals surface area contributed by atoms with E-state index in [1.807, 2.05) is 119 Å². The van der Waals surface area contributed by atoms with E-state index < -0.39 is 0 Å². The number of hydrogen-bond donors (Lipinski definition) is 7. The molecule has 39 nitrogen and oxygen atoms in total. The van der Waals surface area contributed by atoms with Gasteiger partial charge in [0.15, 0.2) is 0 Å². The molecular formula is C93H97N33O6. The Morgan fingerprint density at radius 1 is 0.333 bits per heavy atom. The maximum absolute atomic E-state index is 13.1. The van der Waals surface area contributed by atoms with Crippen molar-refractivity contribution in [2.45, 2.75) is 6.92 Å². The fraction of sp³-hybridized carbons (Fsp3) is 0.247. The Bertz CT molecular complexity index is 6390. The molecule has 4 aliphatic rings. The van der Waals surface area contributed by atoms with Crippen molar-refractivity contribution in [2.75, 3.05) is 160 Å². The Kier molecular flexibility index (Phi) is 27.1. The molecule has 0 unspecified atom stereocenters. The van der Waals surface area contributed by atoms with Crippen LogP contribution in [0.5, 0.6) is 0 Å². The number of rotatable bonds is 20. The van der Waals surface area contributed by atoms with Crippen molar-refractivity contribution in [3.8, 4) is 90.7 Å². The Morgan fingerprint density at radius 2 is 0.659 bits per heavy atom. The number of aromatic nitrogens is 23. The highest BCUT2D eigenvalue weighted by atomic mass is 16.5. The first-order valence-corrected chi connectivity index (χ1v) is 42.9. The fourth-order valence-electron chi connectivity index (χ4n) is 15.2. The molecule has 20 heterocycles. The van der Waals surface area contributed by atoms with E-state index in [0.29, 0.717) is 140 Å². The number of carbonyl (C=O) groups excluding carboxylic acids is 4. The Labute approximate surface area is 758 Å². The zero-order chi connectivity index (χ0) is 91.0. The van der Waals surface area contributed by atoms with Crippen LogP contribution in [0.3, 0.4) is 0 Å². The van der Waals surface area contributed by atoms with Gasteiger partial charge in [-0.3, -0.25) is 78.1 Å². The summed E-state index contributed by atoms with van der Waals surface area (Å²) in [5.41, 5.74) is 19.9. The zero-order valence-electron chi connectivity index (χ0n) is 73.8. The Morgan fingerprint density at radius 3 is 0.962 bits per heavy atom. The lowest BCUT2D eigenvalue weighted by atomic mass is 10.1. The summed E-state index contributed by atoms with van der Waals surface area (Å²) in [6, 6.07) is 41.0. The van der Waals surface area contributed by atoms with Crippen molar-refractivity contribution < 1.29 is 28.7 Å². The van der Waals surface area contributed by atoms with Gasteiger partial charge in [0.05, 0.1) is 160 Å². The van der Waals surface area contributed by atoms with Crippen LogP contribution in [0.15, 0.2) is 226 Å². The molecule has 670 valence electrons. The predicted molar refractivity (Wildman–Crippen MR) is 501 cm³/mol. The van der Waals surface area contributed by atoms with Crippen molar-refractivity contribution in [1.29, 1.82) is 0 Å². The highest BCUT2D eigenvalue weighted by molar-refractivity contribution is 6.07. The average molecular weight is 1770 g/mol. The molecule has 0 saturated carbocycles. The topological polar surface area (TPSA) is 428 Å². The summed E-state index contributed by atoms with van der Waals surface area (Å²) >= 11 is 0. The molecule has 16 aromatic heterocycles. The van der Waals surface area contributed by atoms with E-state index in [1.54, 1.807) is 150 Å². The molecule has 4 amide bonds. The Hall–Kier alpha value is -16.3. The average Bonchev–Trinajstić information content (AvgIpc) is 1.68. The number of pyridine rings is 9. The van der Waals surface area contributed by atoms with Crippen LogP contribution in [0.1, 0.15) is 47.5 Å². The Balaban J connectivity index is 0.000000123. The van der Waals surface area contributed by atoms with E-state index in [9.17, 15) is 19.2 Å². The van der Waals surface area contributed by atoms with Crippen LogP contribution in [-0.4, -0.2) is 267 Å². The van der Waals surface area contributed by atoms with Gasteiger partial charge in [-0.05, 0) is 136 Å². The number of nitrogens with zero attached hydrogens (tertiary/aromatic N) is 26. The number of morpholine rings is 2. The van der Waals surface area contributed by atoms with Crippen molar-refractivity contribution >= 4 is 69.1 Å². The highest BCUT2D eigenvalue weighted by Gasteiger charge is 2.26. The molecule has 16 aromatic rings. The van der Waals surface area contributed by atoms with Crippen molar-refractivity contribution in [3.05, 3.63) is 255 Å². The third-order valence-electron chi connectivity index (χ3n) is 22.2. The highest BCUT2D eigenvalue weighted by Crippen LogP contribution is 2.34. The molecule has 132 heavy (non-hydrogen) atoms. The summed E-state index contributed by atoms with van der Waals surface area (Å²) in [6.07, 6.45) is 26.4. The van der Waals surface area contributed by atoms with Crippen LogP contribution in [0.4, 0.5) is 45.5 Å². The monoisotopic (exact) mass is 1770 g/mol. The number of H-pyrrole nitrogens is 3. The van der Waals surface area contributed by atoms with Gasteiger partial charge in [-0.15, -0.1) is 0 Å². The molecule has 0 spiro atoms. The molecule has 4 fully saturated rings. The SMILES string of the molecule is CN1CCN(c2ccc(-c3nn(C)cc3NC(=O)c3cccc(-c4cn[nH]c4)n3)nc2)CC1.Cc1cncc(-c2cccc(C(=O)Nc3cn(C)nc3-c3ccc(N4CCN(C)CC4)cn3)n2)c1.Cn1cc(NC(=O)c2cccc(-c3ccn[nH]3)n2)c(-c2ccc(N3CCOCC3)cn2)n1.Cn1cc(NC(=O)c2cccc(-c3cn[nH]c3)n2)c(-c2ccc(N3CCOCC3)cn2)n1. The van der Waals surface area contributed by atoms with Gasteiger partial charge in [-0.1, -0.05) is 24.3 Å². The fourth-order valence-corrected chi connectivity index (χ4v) is 15.2. The number of piperazine rings is 2. The van der Waals surface area contributed by atoms with Gasteiger partial charge < -0.3 is 60.1 Å². The molecule has 20 rings (SSSR count). The lowest BCUT2D eigenvalue weighted by Gasteiger charge is -2.33. The van der Waals surface area contributed by atoms with Gasteiger partial charge in [0.1, 0.15) is 45.6 Å². The normalized spacial score (nSPS) is 14.1. The molecule has 0 aromatic carbocycles. The van der Waals surface area contributed by atoms with Crippen molar-refractivity contribution in [3.63, 3.8) is 0 Å². The second-order valence-corrected chi connectivity index (χ2v) is 31.8. The van der Waals surface area contributed by atoms with Crippen LogP contribution in [0, 0.1) is 6.92 Å². The molecule has 4 saturated heterocycles. The first-order valence-electron chi connectivity index (χ1n) is 42.9. The molecule has 0 aliphatic carbocycles. The number of hydrogen-bond acceptors (Lipinski definition) is 28. The second kappa shape index (κ2) is 40.8. The number of aromatic amines is 3. The lowest BCUT2D eigenvalue weighted by Crippen LogP contribution is -2.44. The minimum Gasteiger partial charge on any atom is -0.378 e. The lowest BCUT2D eigenvalue weighted by molar-refractivity contribution is 0.101. The predicted octanol–water partition coefficient (Wildman–Crippen LogP) is 10.2. The summed E-state index contributed by atoms with van der Waals surface area (Å²) in [7, 11) is 11.5. The maximum Gasteiger partial charge on any atom is 0.274 e. The van der Waals surface area contributed by atoms with Crippen LogP contribution >= 0.6 is 0 Å². The number of likely N-dealkylation sites (N-methyl/N-ethyl adjacent to an activating group) is 2. The van der Waals surface area contributed by atoms with Crippen LogP contribution in [-0.2, 0) is 37.7 Å². The van der Waals surface area contributed by atoms with Crippen LogP contribution < -0.4 is 40.9 Å². The zero-order valence-corrected chi connectivity index (χ0v) is 73.8. The van der Waals surface area contributed by atoms with Crippen molar-refractivity contribution in [1.82, 2.24) is 124 Å². The summed E-state index contributed by atoms with van der Waals surface area (Å²) < 4.78 is 17.5. The number of ether oxygens (including phenoxy) is 2. The number of nitrogens with one attached hydrogen (secondary N) is 7. The molecule has 0 bridgehead atoms.